The van der Waals surface area contributed by atoms with Gasteiger partial charge in [0.2, 0.25) is 11.3 Å². The summed E-state index contributed by atoms with van der Waals surface area (Å²) in [6.07, 6.45) is 13.9. The maximum atomic E-state index is 13.7. The number of aromatic amines is 1. The Bertz CT molecular complexity index is 2000. The summed E-state index contributed by atoms with van der Waals surface area (Å²) in [5, 5.41) is 28.2. The Morgan fingerprint density at radius 2 is 1.65 bits per heavy atom. The molecule has 11 heteroatoms. The Kier molecular flexibility index (Phi) is 17.4. The molecule has 1 saturated heterocycles. The molecule has 1 aliphatic heterocycles. The number of phenolic OH excluding ortho intramolecular Hbond substituents is 1. The number of rotatable bonds is 22. The molecule has 60 heavy (non-hydrogen) atoms. The van der Waals surface area contributed by atoms with Gasteiger partial charge in [0.05, 0.1) is 30.8 Å². The largest absolute Gasteiger partial charge is 0.506 e. The molecule has 2 fully saturated rings. The van der Waals surface area contributed by atoms with Gasteiger partial charge in [-0.1, -0.05) is 107 Å². The van der Waals surface area contributed by atoms with Gasteiger partial charge >= 0.3 is 6.09 Å². The van der Waals surface area contributed by atoms with Crippen LogP contribution in [0.2, 0.25) is 0 Å². The van der Waals surface area contributed by atoms with Gasteiger partial charge in [-0.05, 0) is 80.0 Å². The Balaban J connectivity index is 0.890. The van der Waals surface area contributed by atoms with E-state index in [2.05, 4.69) is 34.7 Å². The van der Waals surface area contributed by atoms with Gasteiger partial charge in [0.1, 0.15) is 24.6 Å². The SMILES string of the molecule is CCC1CC[NH+](CC(=O)c2ccccc2)CC1OC(=O)NC(c1cccc(OCCCCCCCCCNCC(O)c2ccc(O)c3[nH]c(=O)ccc23)c1)C1CCCCC1. The standard InChI is InChI=1S/C49H66N4O7/c1-2-35-27-29-53(33-44(56)36-17-10-8-11-18-36)34-45(35)60-49(58)52-47(37-19-12-9-13-20-37)38-21-16-22-39(31-38)59-30-15-7-5-3-4-6-14-28-50-32-43(55)40-23-25-42(54)48-41(40)24-26-46(57)51-48/h8,10-11,16-18,21-26,31,35,37,43,45,47,50,54-55H,2-7,9,12-15,19-20,27-30,32-34H2,1H3,(H,51,57)(H,52,58)/p+1. The molecule has 0 radical (unpaired) electrons. The number of fused-ring (bicyclic) bond motifs is 1. The van der Waals surface area contributed by atoms with Crippen LogP contribution in [-0.2, 0) is 4.74 Å². The number of H-pyrrole nitrogens is 1. The van der Waals surface area contributed by atoms with Crippen LogP contribution in [0.4, 0.5) is 4.79 Å². The number of nitrogens with one attached hydrogen (secondary N) is 4. The average molecular weight is 824 g/mol. The number of quaternary nitrogens is 1. The summed E-state index contributed by atoms with van der Waals surface area (Å²) in [7, 11) is 0. The van der Waals surface area contributed by atoms with E-state index >= 15 is 0 Å². The number of hydrogen-bond acceptors (Lipinski definition) is 8. The van der Waals surface area contributed by atoms with E-state index in [1.165, 1.54) is 29.9 Å². The number of unbranched alkanes of at least 4 members (excludes halogenated alkanes) is 6. The molecular weight excluding hydrogens is 757 g/mol. The number of phenols is 1. The molecule has 1 saturated carbocycles. The second kappa shape index (κ2) is 23.3. The molecule has 11 nitrogen and oxygen atoms in total. The lowest BCUT2D eigenvalue weighted by Gasteiger charge is -2.36. The predicted octanol–water partition coefficient (Wildman–Crippen LogP) is 7.58. The molecule has 0 spiro atoms. The van der Waals surface area contributed by atoms with Gasteiger partial charge in [-0.15, -0.1) is 0 Å². The number of pyridine rings is 1. The number of carbonyl (C=O) groups excluding carboxylic acids is 2. The maximum absolute atomic E-state index is 13.7. The van der Waals surface area contributed by atoms with E-state index in [9.17, 15) is 24.6 Å². The molecule has 2 heterocycles. The van der Waals surface area contributed by atoms with Gasteiger partial charge in [0.15, 0.2) is 6.10 Å². The predicted molar refractivity (Wildman–Crippen MR) is 236 cm³/mol. The number of benzene rings is 3. The number of ether oxygens (including phenoxy) is 2. The summed E-state index contributed by atoms with van der Waals surface area (Å²) in [6, 6.07) is 23.8. The van der Waals surface area contributed by atoms with Gasteiger partial charge in [-0.25, -0.2) is 4.79 Å². The molecule has 1 amide bonds. The number of aromatic hydroxyl groups is 1. The third kappa shape index (κ3) is 13.1. The molecule has 3 aromatic carbocycles. The van der Waals surface area contributed by atoms with Crippen molar-refractivity contribution >= 4 is 22.8 Å². The first kappa shape index (κ1) is 44.8. The number of aliphatic hydroxyl groups excluding tert-OH is 1. The van der Waals surface area contributed by atoms with E-state index < -0.39 is 6.10 Å². The first-order chi connectivity index (χ1) is 29.3. The van der Waals surface area contributed by atoms with Crippen molar-refractivity contribution in [3.05, 3.63) is 106 Å². The topological polar surface area (TPSA) is 154 Å². The lowest BCUT2D eigenvalue weighted by molar-refractivity contribution is -0.901. The Labute approximate surface area is 355 Å². The van der Waals surface area contributed by atoms with Crippen LogP contribution < -0.4 is 25.8 Å². The number of aromatic nitrogens is 1. The summed E-state index contributed by atoms with van der Waals surface area (Å²) >= 11 is 0. The van der Waals surface area contributed by atoms with Crippen molar-refractivity contribution in [2.75, 3.05) is 39.3 Å². The van der Waals surface area contributed by atoms with Gasteiger partial charge in [-0.3, -0.25) is 9.59 Å². The van der Waals surface area contributed by atoms with Crippen LogP contribution in [0.25, 0.3) is 10.9 Å². The molecule has 6 rings (SSSR count). The van der Waals surface area contributed by atoms with Crippen molar-refractivity contribution in [1.82, 2.24) is 15.6 Å². The summed E-state index contributed by atoms with van der Waals surface area (Å²) in [5.74, 6) is 1.56. The van der Waals surface area contributed by atoms with Gasteiger partial charge in [-0.2, -0.15) is 0 Å². The first-order valence-corrected chi connectivity index (χ1v) is 22.6. The minimum Gasteiger partial charge on any atom is -0.506 e. The molecule has 1 aromatic heterocycles. The van der Waals surface area contributed by atoms with Crippen LogP contribution in [0, 0.1) is 11.8 Å². The van der Waals surface area contributed by atoms with E-state index in [0.29, 0.717) is 48.6 Å². The van der Waals surface area contributed by atoms with Crippen LogP contribution in [-0.4, -0.2) is 72.5 Å². The molecule has 6 N–H and O–H groups in total. The van der Waals surface area contributed by atoms with Crippen LogP contribution >= 0.6 is 0 Å². The minimum absolute atomic E-state index is 0.0113. The zero-order valence-corrected chi connectivity index (χ0v) is 35.5. The Hall–Kier alpha value is -4.71. The minimum atomic E-state index is -0.748. The fraction of sp³-hybridized carbons (Fsp3) is 0.531. The number of aliphatic hydroxyl groups is 1. The number of amides is 1. The quantitative estimate of drug-likeness (QED) is 0.0351. The van der Waals surface area contributed by atoms with Gasteiger partial charge < -0.3 is 40.2 Å². The smallest absolute Gasteiger partial charge is 0.408 e. The lowest BCUT2D eigenvalue weighted by atomic mass is 9.81. The second-order valence-electron chi connectivity index (χ2n) is 17.0. The third-order valence-electron chi connectivity index (χ3n) is 12.7. The lowest BCUT2D eigenvalue weighted by Crippen LogP contribution is -3.15. The zero-order chi connectivity index (χ0) is 42.1. The summed E-state index contributed by atoms with van der Waals surface area (Å²) in [4.78, 5) is 42.2. The number of likely N-dealkylation sites (tertiary alicyclic amines) is 1. The first-order valence-electron chi connectivity index (χ1n) is 22.6. The number of alkyl carbamates (subject to hydrolysis) is 1. The van der Waals surface area contributed by atoms with Crippen molar-refractivity contribution in [2.24, 2.45) is 11.8 Å². The van der Waals surface area contributed by atoms with Crippen molar-refractivity contribution in [2.45, 2.75) is 115 Å². The number of hydrogen-bond donors (Lipinski definition) is 6. The number of Topliss-reactive ketones (excluding diaryl/α,β-unsaturated/α-hetero) is 1. The van der Waals surface area contributed by atoms with Crippen LogP contribution in [0.1, 0.15) is 130 Å². The number of carbonyl (C=O) groups is 2. The Morgan fingerprint density at radius 3 is 2.43 bits per heavy atom. The molecule has 0 bridgehead atoms. The van der Waals surface area contributed by atoms with Crippen molar-refractivity contribution in [1.29, 1.82) is 0 Å². The third-order valence-corrected chi connectivity index (χ3v) is 12.7. The summed E-state index contributed by atoms with van der Waals surface area (Å²) < 4.78 is 12.5. The molecule has 5 atom stereocenters. The normalized spacial score (nSPS) is 19.4. The molecule has 1 aliphatic carbocycles. The highest BCUT2D eigenvalue weighted by Gasteiger charge is 2.36. The van der Waals surface area contributed by atoms with Crippen LogP contribution in [0.5, 0.6) is 11.5 Å². The molecule has 324 valence electrons. The van der Waals surface area contributed by atoms with E-state index in [1.54, 1.807) is 12.1 Å². The number of ketones is 1. The van der Waals surface area contributed by atoms with E-state index in [0.717, 1.165) is 107 Å². The highest BCUT2D eigenvalue weighted by Crippen LogP contribution is 2.36. The second-order valence-corrected chi connectivity index (χ2v) is 17.0. The van der Waals surface area contributed by atoms with Crippen molar-refractivity contribution < 1.29 is 34.2 Å². The summed E-state index contributed by atoms with van der Waals surface area (Å²) in [6.45, 7) is 5.96. The highest BCUT2D eigenvalue weighted by atomic mass is 16.6. The molecular formula is C49H67N4O7+. The molecule has 2 aliphatic rings. The summed E-state index contributed by atoms with van der Waals surface area (Å²) in [5.41, 5.74) is 2.51. The van der Waals surface area contributed by atoms with Gasteiger partial charge in [0, 0.05) is 35.9 Å². The van der Waals surface area contributed by atoms with Crippen LogP contribution in [0.15, 0.2) is 83.7 Å². The van der Waals surface area contributed by atoms with Crippen LogP contribution in [0.3, 0.4) is 0 Å². The average Bonchev–Trinajstić information content (AvgIpc) is 3.27. The van der Waals surface area contributed by atoms with Crippen molar-refractivity contribution in [3.8, 4) is 11.5 Å². The van der Waals surface area contributed by atoms with Gasteiger partial charge in [0.25, 0.3) is 0 Å². The van der Waals surface area contributed by atoms with Crippen molar-refractivity contribution in [3.63, 3.8) is 0 Å². The molecule has 5 unspecified atom stereocenters. The monoisotopic (exact) mass is 824 g/mol. The number of piperidine rings is 1. The van der Waals surface area contributed by atoms with E-state index in [-0.39, 0.29) is 41.2 Å². The highest BCUT2D eigenvalue weighted by molar-refractivity contribution is 5.96. The van der Waals surface area contributed by atoms with E-state index in [4.69, 9.17) is 9.47 Å². The fourth-order valence-electron chi connectivity index (χ4n) is 9.21. The Morgan fingerprint density at radius 1 is 0.883 bits per heavy atom. The maximum Gasteiger partial charge on any atom is 0.408 e. The zero-order valence-electron chi connectivity index (χ0n) is 35.5. The molecule has 4 aromatic rings. The van der Waals surface area contributed by atoms with E-state index in [1.807, 2.05) is 42.5 Å². The fourth-order valence-corrected chi connectivity index (χ4v) is 9.21.